The van der Waals surface area contributed by atoms with Crippen molar-refractivity contribution in [1.29, 1.82) is 0 Å². The highest BCUT2D eigenvalue weighted by Crippen LogP contribution is 2.27. The van der Waals surface area contributed by atoms with Crippen LogP contribution in [-0.4, -0.2) is 16.2 Å². The SMILES string of the molecule is Cc1oc2c(C)noc2c1CC(=O)O. The Labute approximate surface area is 79.3 Å². The van der Waals surface area contributed by atoms with Crippen LogP contribution in [0.1, 0.15) is 17.0 Å². The molecule has 0 unspecified atom stereocenters. The summed E-state index contributed by atoms with van der Waals surface area (Å²) in [7, 11) is 0. The molecule has 0 aromatic carbocycles. The second kappa shape index (κ2) is 2.87. The second-order valence-electron chi connectivity index (χ2n) is 3.13. The maximum Gasteiger partial charge on any atom is 0.308 e. The molecule has 74 valence electrons. The summed E-state index contributed by atoms with van der Waals surface area (Å²) in [6.07, 6.45) is -0.104. The van der Waals surface area contributed by atoms with Gasteiger partial charge in [0.25, 0.3) is 0 Å². The molecule has 0 atom stereocenters. The standard InChI is InChI=1S/C9H9NO4/c1-4-8-9(14-10-4)6(3-7(11)12)5(2)13-8/h3H2,1-2H3,(H,11,12). The van der Waals surface area contributed by atoms with E-state index in [9.17, 15) is 4.79 Å². The van der Waals surface area contributed by atoms with E-state index in [0.717, 1.165) is 0 Å². The van der Waals surface area contributed by atoms with Crippen LogP contribution in [0.25, 0.3) is 11.2 Å². The first-order valence-corrected chi connectivity index (χ1v) is 4.15. The van der Waals surface area contributed by atoms with E-state index < -0.39 is 5.97 Å². The molecule has 2 heterocycles. The first kappa shape index (κ1) is 8.80. The third-order valence-corrected chi connectivity index (χ3v) is 2.09. The van der Waals surface area contributed by atoms with Gasteiger partial charge < -0.3 is 14.0 Å². The molecule has 1 N–H and O–H groups in total. The van der Waals surface area contributed by atoms with Gasteiger partial charge in [-0.15, -0.1) is 0 Å². The number of furan rings is 1. The van der Waals surface area contributed by atoms with Gasteiger partial charge in [0.05, 0.1) is 12.0 Å². The fourth-order valence-corrected chi connectivity index (χ4v) is 1.40. The number of carboxylic acids is 1. The summed E-state index contributed by atoms with van der Waals surface area (Å²) in [6.45, 7) is 3.46. The van der Waals surface area contributed by atoms with Crippen molar-refractivity contribution in [3.05, 3.63) is 17.0 Å². The minimum absolute atomic E-state index is 0.104. The summed E-state index contributed by atoms with van der Waals surface area (Å²) < 4.78 is 10.3. The van der Waals surface area contributed by atoms with E-state index >= 15 is 0 Å². The molecule has 0 radical (unpaired) electrons. The van der Waals surface area contributed by atoms with Gasteiger partial charge in [0, 0.05) is 0 Å². The van der Waals surface area contributed by atoms with Crippen molar-refractivity contribution in [1.82, 2.24) is 5.16 Å². The van der Waals surface area contributed by atoms with Crippen molar-refractivity contribution < 1.29 is 18.8 Å². The molecule has 0 fully saturated rings. The number of hydrogen-bond donors (Lipinski definition) is 1. The highest BCUT2D eigenvalue weighted by Gasteiger charge is 2.19. The zero-order valence-corrected chi connectivity index (χ0v) is 7.83. The van der Waals surface area contributed by atoms with Crippen LogP contribution in [-0.2, 0) is 11.2 Å². The van der Waals surface area contributed by atoms with Gasteiger partial charge in [0.15, 0.2) is 5.58 Å². The van der Waals surface area contributed by atoms with Crippen LogP contribution in [0.2, 0.25) is 0 Å². The second-order valence-corrected chi connectivity index (χ2v) is 3.13. The highest BCUT2D eigenvalue weighted by molar-refractivity contribution is 5.83. The number of nitrogens with zero attached hydrogens (tertiary/aromatic N) is 1. The van der Waals surface area contributed by atoms with Crippen LogP contribution in [0.15, 0.2) is 8.94 Å². The van der Waals surface area contributed by atoms with E-state index in [0.29, 0.717) is 28.2 Å². The fraction of sp³-hybridized carbons (Fsp3) is 0.333. The maximum atomic E-state index is 10.6. The molecule has 2 aromatic rings. The van der Waals surface area contributed by atoms with E-state index in [1.54, 1.807) is 13.8 Å². The van der Waals surface area contributed by atoms with Gasteiger partial charge in [-0.05, 0) is 13.8 Å². The summed E-state index contributed by atoms with van der Waals surface area (Å²) in [5.41, 5.74) is 2.19. The Morgan fingerprint density at radius 2 is 2.14 bits per heavy atom. The molecule has 5 nitrogen and oxygen atoms in total. The van der Waals surface area contributed by atoms with Crippen molar-refractivity contribution in [3.8, 4) is 0 Å². The van der Waals surface area contributed by atoms with E-state index in [1.807, 2.05) is 0 Å². The molecule has 0 spiro atoms. The first-order chi connectivity index (χ1) is 6.59. The predicted molar refractivity (Wildman–Crippen MR) is 47.1 cm³/mol. The minimum atomic E-state index is -0.912. The highest BCUT2D eigenvalue weighted by atomic mass is 16.5. The third-order valence-electron chi connectivity index (χ3n) is 2.09. The van der Waals surface area contributed by atoms with Crippen molar-refractivity contribution in [2.75, 3.05) is 0 Å². The Kier molecular flexibility index (Phi) is 1.80. The maximum absolute atomic E-state index is 10.6. The largest absolute Gasteiger partial charge is 0.481 e. The number of rotatable bonds is 2. The van der Waals surface area contributed by atoms with Crippen molar-refractivity contribution in [3.63, 3.8) is 0 Å². The van der Waals surface area contributed by atoms with Crippen molar-refractivity contribution in [2.45, 2.75) is 20.3 Å². The summed E-state index contributed by atoms with van der Waals surface area (Å²) in [5.74, 6) is -0.337. The summed E-state index contributed by atoms with van der Waals surface area (Å²) in [6, 6.07) is 0. The Morgan fingerprint density at radius 3 is 2.79 bits per heavy atom. The van der Waals surface area contributed by atoms with Crippen molar-refractivity contribution in [2.24, 2.45) is 0 Å². The lowest BCUT2D eigenvalue weighted by Crippen LogP contribution is -2.00. The van der Waals surface area contributed by atoms with Crippen LogP contribution in [0, 0.1) is 13.8 Å². The third kappa shape index (κ3) is 1.17. The number of fused-ring (bicyclic) bond motifs is 1. The Bertz CT molecular complexity index is 494. The Hall–Kier alpha value is -1.78. The zero-order chi connectivity index (χ0) is 10.3. The predicted octanol–water partition coefficient (Wildman–Crippen LogP) is 1.66. The summed E-state index contributed by atoms with van der Waals surface area (Å²) >= 11 is 0. The quantitative estimate of drug-likeness (QED) is 0.788. The molecule has 5 heteroatoms. The molecule has 0 saturated carbocycles. The molecule has 14 heavy (non-hydrogen) atoms. The average molecular weight is 195 g/mol. The zero-order valence-electron chi connectivity index (χ0n) is 7.83. The fourth-order valence-electron chi connectivity index (χ4n) is 1.40. The molecular formula is C9H9NO4. The van der Waals surface area contributed by atoms with Gasteiger partial charge >= 0.3 is 5.97 Å². The molecular weight excluding hydrogens is 186 g/mol. The number of aromatic nitrogens is 1. The van der Waals surface area contributed by atoms with E-state index in [-0.39, 0.29) is 6.42 Å². The van der Waals surface area contributed by atoms with Gasteiger partial charge in [-0.2, -0.15) is 0 Å². The lowest BCUT2D eigenvalue weighted by atomic mass is 10.2. The number of aryl methyl sites for hydroxylation is 2. The number of carbonyl (C=O) groups is 1. The van der Waals surface area contributed by atoms with Crippen molar-refractivity contribution >= 4 is 17.1 Å². The molecule has 0 amide bonds. The van der Waals surface area contributed by atoms with Crippen LogP contribution in [0.5, 0.6) is 0 Å². The van der Waals surface area contributed by atoms with Gasteiger partial charge in [0.2, 0.25) is 5.58 Å². The minimum Gasteiger partial charge on any atom is -0.481 e. The molecule has 2 aromatic heterocycles. The van der Waals surface area contributed by atoms with Crippen LogP contribution in [0.4, 0.5) is 0 Å². The average Bonchev–Trinajstić information content (AvgIpc) is 2.57. The Morgan fingerprint density at radius 1 is 1.43 bits per heavy atom. The Balaban J connectivity index is 2.62. The monoisotopic (exact) mass is 195 g/mol. The van der Waals surface area contributed by atoms with Crippen LogP contribution >= 0.6 is 0 Å². The van der Waals surface area contributed by atoms with Crippen LogP contribution in [0.3, 0.4) is 0 Å². The number of hydrogen-bond acceptors (Lipinski definition) is 4. The van der Waals surface area contributed by atoms with Gasteiger partial charge in [-0.1, -0.05) is 5.16 Å². The summed E-state index contributed by atoms with van der Waals surface area (Å²) in [4.78, 5) is 10.6. The van der Waals surface area contributed by atoms with Gasteiger partial charge in [-0.25, -0.2) is 0 Å². The molecule has 0 aliphatic rings. The smallest absolute Gasteiger partial charge is 0.308 e. The molecule has 0 saturated heterocycles. The summed E-state index contributed by atoms with van der Waals surface area (Å²) in [5, 5.41) is 12.4. The first-order valence-electron chi connectivity index (χ1n) is 4.15. The number of carboxylic acid groups (broad SMARTS) is 1. The van der Waals surface area contributed by atoms with E-state index in [2.05, 4.69) is 5.16 Å². The molecule has 0 aliphatic heterocycles. The van der Waals surface area contributed by atoms with E-state index in [4.69, 9.17) is 14.0 Å². The molecule has 2 rings (SSSR count). The normalized spacial score (nSPS) is 11.0. The van der Waals surface area contributed by atoms with E-state index in [1.165, 1.54) is 0 Å². The molecule has 0 bridgehead atoms. The lowest BCUT2D eigenvalue weighted by Gasteiger charge is -1.91. The van der Waals surface area contributed by atoms with Gasteiger partial charge in [0.1, 0.15) is 11.5 Å². The lowest BCUT2D eigenvalue weighted by molar-refractivity contribution is -0.136. The topological polar surface area (TPSA) is 76.5 Å². The molecule has 0 aliphatic carbocycles. The van der Waals surface area contributed by atoms with Gasteiger partial charge in [-0.3, -0.25) is 4.79 Å². The number of aliphatic carboxylic acids is 1. The van der Waals surface area contributed by atoms with Crippen LogP contribution < -0.4 is 0 Å².